The van der Waals surface area contributed by atoms with E-state index >= 15 is 0 Å². The molecule has 0 bridgehead atoms. The van der Waals surface area contributed by atoms with Gasteiger partial charge in [-0.2, -0.15) is 9.64 Å². The highest BCUT2D eigenvalue weighted by Crippen LogP contribution is 2.21. The van der Waals surface area contributed by atoms with E-state index in [9.17, 15) is 4.79 Å². The van der Waals surface area contributed by atoms with Crippen molar-refractivity contribution >= 4 is 17.5 Å². The third-order valence-electron chi connectivity index (χ3n) is 2.14. The summed E-state index contributed by atoms with van der Waals surface area (Å²) in [5.41, 5.74) is 1.40. The molecule has 0 aliphatic carbocycles. The molecule has 5 nitrogen and oxygen atoms in total. The van der Waals surface area contributed by atoms with Crippen LogP contribution in [0, 0.1) is 11.3 Å². The van der Waals surface area contributed by atoms with Crippen LogP contribution in [0.15, 0.2) is 24.3 Å². The molecule has 1 heterocycles. The molecule has 1 aromatic carbocycles. The van der Waals surface area contributed by atoms with Crippen LogP contribution < -0.4 is 0 Å². The number of nitriles is 1. The number of esters is 1. The zero-order chi connectivity index (χ0) is 13.0. The van der Waals surface area contributed by atoms with Gasteiger partial charge in [-0.3, -0.25) is 0 Å². The Bertz CT molecular complexity index is 599. The Morgan fingerprint density at radius 3 is 2.78 bits per heavy atom. The minimum atomic E-state index is -0.520. The van der Waals surface area contributed by atoms with Crippen LogP contribution in [0.1, 0.15) is 23.1 Å². The monoisotopic (exact) mass is 259 g/mol. The predicted octanol–water partition coefficient (Wildman–Crippen LogP) is 2.25. The standard InChI is InChI=1S/C12H9N3O2S/c1-2-17-12(16)10-14-11(18-15-10)9-5-3-8(7-13)4-6-9/h3-6H,2H2,1H3. The Labute approximate surface area is 108 Å². The third kappa shape index (κ3) is 2.52. The van der Waals surface area contributed by atoms with Crippen molar-refractivity contribution in [1.82, 2.24) is 9.36 Å². The summed E-state index contributed by atoms with van der Waals surface area (Å²) >= 11 is 1.13. The lowest BCUT2D eigenvalue weighted by Gasteiger charge is -1.96. The highest BCUT2D eigenvalue weighted by molar-refractivity contribution is 7.09. The first-order valence-corrected chi connectivity index (χ1v) is 6.03. The normalized spacial score (nSPS) is 9.78. The van der Waals surface area contributed by atoms with Crippen molar-refractivity contribution in [1.29, 1.82) is 5.26 Å². The van der Waals surface area contributed by atoms with Gasteiger partial charge in [0.25, 0.3) is 5.82 Å². The van der Waals surface area contributed by atoms with Gasteiger partial charge in [-0.15, -0.1) is 0 Å². The average molecular weight is 259 g/mol. The Morgan fingerprint density at radius 2 is 2.17 bits per heavy atom. The highest BCUT2D eigenvalue weighted by Gasteiger charge is 2.14. The van der Waals surface area contributed by atoms with E-state index in [-0.39, 0.29) is 5.82 Å². The number of hydrogen-bond acceptors (Lipinski definition) is 6. The number of aromatic nitrogens is 2. The van der Waals surface area contributed by atoms with E-state index in [1.54, 1.807) is 31.2 Å². The summed E-state index contributed by atoms with van der Waals surface area (Å²) in [6.07, 6.45) is 0. The first-order chi connectivity index (χ1) is 8.74. The number of ether oxygens (including phenoxy) is 1. The average Bonchev–Trinajstić information content (AvgIpc) is 2.89. The van der Waals surface area contributed by atoms with E-state index in [1.807, 2.05) is 6.07 Å². The number of hydrogen-bond donors (Lipinski definition) is 0. The molecular formula is C12H9N3O2S. The van der Waals surface area contributed by atoms with E-state index in [4.69, 9.17) is 10.00 Å². The maximum absolute atomic E-state index is 11.4. The van der Waals surface area contributed by atoms with Gasteiger partial charge in [-0.25, -0.2) is 9.78 Å². The first kappa shape index (κ1) is 12.2. The molecule has 0 spiro atoms. The first-order valence-electron chi connectivity index (χ1n) is 5.26. The van der Waals surface area contributed by atoms with E-state index in [0.29, 0.717) is 17.2 Å². The Hall–Kier alpha value is -2.26. The molecule has 18 heavy (non-hydrogen) atoms. The molecule has 2 aromatic rings. The van der Waals surface area contributed by atoms with Gasteiger partial charge >= 0.3 is 5.97 Å². The lowest BCUT2D eigenvalue weighted by atomic mass is 10.1. The second-order valence-corrected chi connectivity index (χ2v) is 4.08. The molecule has 1 aromatic heterocycles. The van der Waals surface area contributed by atoms with E-state index < -0.39 is 5.97 Å². The molecule has 0 saturated heterocycles. The predicted molar refractivity (Wildman–Crippen MR) is 66.0 cm³/mol. The van der Waals surface area contributed by atoms with Gasteiger partial charge in [0.1, 0.15) is 5.01 Å². The van der Waals surface area contributed by atoms with Crippen LogP contribution in [0.3, 0.4) is 0 Å². The fourth-order valence-electron chi connectivity index (χ4n) is 1.31. The highest BCUT2D eigenvalue weighted by atomic mass is 32.1. The molecule has 0 N–H and O–H groups in total. The lowest BCUT2D eigenvalue weighted by Crippen LogP contribution is -2.06. The summed E-state index contributed by atoms with van der Waals surface area (Å²) < 4.78 is 8.76. The van der Waals surface area contributed by atoms with Crippen molar-refractivity contribution in [3.8, 4) is 16.6 Å². The fourth-order valence-corrected chi connectivity index (χ4v) is 1.96. The molecule has 90 valence electrons. The number of nitrogens with zero attached hydrogens (tertiary/aromatic N) is 3. The Balaban J connectivity index is 2.24. The number of rotatable bonds is 3. The minimum absolute atomic E-state index is 0.0706. The summed E-state index contributed by atoms with van der Waals surface area (Å²) in [5.74, 6) is -0.449. The van der Waals surface area contributed by atoms with Crippen molar-refractivity contribution in [3.63, 3.8) is 0 Å². The molecule has 0 amide bonds. The molecule has 6 heteroatoms. The fraction of sp³-hybridized carbons (Fsp3) is 0.167. The van der Waals surface area contributed by atoms with Crippen molar-refractivity contribution in [3.05, 3.63) is 35.7 Å². The molecule has 0 fully saturated rings. The van der Waals surface area contributed by atoms with Gasteiger partial charge in [0, 0.05) is 5.56 Å². The van der Waals surface area contributed by atoms with Crippen LogP contribution in [0.25, 0.3) is 10.6 Å². The topological polar surface area (TPSA) is 75.9 Å². The van der Waals surface area contributed by atoms with E-state index in [0.717, 1.165) is 17.1 Å². The third-order valence-corrected chi connectivity index (χ3v) is 2.91. The summed E-state index contributed by atoms with van der Waals surface area (Å²) in [4.78, 5) is 15.5. The van der Waals surface area contributed by atoms with Gasteiger partial charge in [-0.1, -0.05) is 12.1 Å². The van der Waals surface area contributed by atoms with Crippen LogP contribution in [-0.2, 0) is 4.74 Å². The van der Waals surface area contributed by atoms with E-state index in [1.165, 1.54) is 0 Å². The van der Waals surface area contributed by atoms with Gasteiger partial charge in [0.2, 0.25) is 0 Å². The summed E-state index contributed by atoms with van der Waals surface area (Å²) in [6.45, 7) is 2.02. The largest absolute Gasteiger partial charge is 0.460 e. The molecule has 0 aliphatic heterocycles. The van der Waals surface area contributed by atoms with Crippen LogP contribution in [0.2, 0.25) is 0 Å². The molecule has 0 aliphatic rings. The van der Waals surface area contributed by atoms with Crippen LogP contribution in [0.4, 0.5) is 0 Å². The molecule has 2 rings (SSSR count). The van der Waals surface area contributed by atoms with Gasteiger partial charge in [0.15, 0.2) is 0 Å². The van der Waals surface area contributed by atoms with Crippen LogP contribution in [-0.4, -0.2) is 21.9 Å². The van der Waals surface area contributed by atoms with Crippen LogP contribution in [0.5, 0.6) is 0 Å². The summed E-state index contributed by atoms with van der Waals surface area (Å²) in [7, 11) is 0. The SMILES string of the molecule is CCOC(=O)c1nsc(-c2ccc(C#N)cc2)n1. The van der Waals surface area contributed by atoms with Gasteiger partial charge < -0.3 is 4.74 Å². The maximum Gasteiger partial charge on any atom is 0.377 e. The molecule has 0 saturated carbocycles. The van der Waals surface area contributed by atoms with Crippen molar-refractivity contribution < 1.29 is 9.53 Å². The van der Waals surface area contributed by atoms with Crippen molar-refractivity contribution in [2.24, 2.45) is 0 Å². The number of carbonyl (C=O) groups excluding carboxylic acids is 1. The van der Waals surface area contributed by atoms with Crippen molar-refractivity contribution in [2.45, 2.75) is 6.92 Å². The van der Waals surface area contributed by atoms with E-state index in [2.05, 4.69) is 9.36 Å². The molecule has 0 radical (unpaired) electrons. The Morgan fingerprint density at radius 1 is 1.44 bits per heavy atom. The summed E-state index contributed by atoms with van der Waals surface area (Å²) in [5, 5.41) is 9.33. The van der Waals surface area contributed by atoms with Gasteiger partial charge in [-0.05, 0) is 30.6 Å². The van der Waals surface area contributed by atoms with Crippen molar-refractivity contribution in [2.75, 3.05) is 6.61 Å². The zero-order valence-corrected chi connectivity index (χ0v) is 10.4. The molecular weight excluding hydrogens is 250 g/mol. The number of carbonyl (C=O) groups is 1. The second-order valence-electron chi connectivity index (χ2n) is 3.33. The molecule has 0 atom stereocenters. The number of benzene rings is 1. The lowest BCUT2D eigenvalue weighted by molar-refractivity contribution is 0.0514. The maximum atomic E-state index is 11.4. The molecule has 0 unspecified atom stereocenters. The Kier molecular flexibility index (Phi) is 3.65. The second kappa shape index (κ2) is 5.38. The smallest absolute Gasteiger partial charge is 0.377 e. The van der Waals surface area contributed by atoms with Gasteiger partial charge in [0.05, 0.1) is 18.2 Å². The quantitative estimate of drug-likeness (QED) is 0.790. The summed E-state index contributed by atoms with van der Waals surface area (Å²) in [6, 6.07) is 8.97. The van der Waals surface area contributed by atoms with Crippen LogP contribution >= 0.6 is 11.5 Å². The zero-order valence-electron chi connectivity index (χ0n) is 9.58. The minimum Gasteiger partial charge on any atom is -0.460 e.